The molecule has 1 aliphatic rings. The minimum Gasteiger partial charge on any atom is -0.497 e. The highest BCUT2D eigenvalue weighted by molar-refractivity contribution is 5.95. The van der Waals surface area contributed by atoms with E-state index in [0.717, 1.165) is 72.4 Å². The molecule has 0 amide bonds. The molecule has 1 aliphatic heterocycles. The average Bonchev–Trinajstić information content (AvgIpc) is 2.99. The van der Waals surface area contributed by atoms with Crippen LogP contribution >= 0.6 is 0 Å². The summed E-state index contributed by atoms with van der Waals surface area (Å²) >= 11 is 0. The third-order valence-corrected chi connectivity index (χ3v) is 6.85. The number of methoxy groups -OCH3 is 3. The van der Waals surface area contributed by atoms with Gasteiger partial charge in [0.15, 0.2) is 5.82 Å². The maximum Gasteiger partial charge on any atom is 0.177 e. The number of aryl methyl sites for hydroxylation is 1. The molecule has 10 heteroatoms. The average molecular weight is 531 g/mol. The van der Waals surface area contributed by atoms with Crippen molar-refractivity contribution in [1.29, 1.82) is 0 Å². The van der Waals surface area contributed by atoms with Gasteiger partial charge in [0.25, 0.3) is 0 Å². The maximum absolute atomic E-state index is 5.57. The molecule has 0 aliphatic carbocycles. The van der Waals surface area contributed by atoms with E-state index in [-0.39, 0.29) is 6.04 Å². The molecule has 204 valence electrons. The second kappa shape index (κ2) is 12.1. The molecule has 10 nitrogen and oxygen atoms in total. The number of hydrogen-bond acceptors (Lipinski definition) is 10. The maximum atomic E-state index is 5.57. The summed E-state index contributed by atoms with van der Waals surface area (Å²) in [5, 5.41) is 16.2. The predicted octanol–water partition coefficient (Wildman–Crippen LogP) is 4.88. The van der Waals surface area contributed by atoms with E-state index in [1.54, 1.807) is 21.3 Å². The van der Waals surface area contributed by atoms with Gasteiger partial charge in [0.05, 0.1) is 27.0 Å². The highest BCUT2D eigenvalue weighted by atomic mass is 16.5. The van der Waals surface area contributed by atoms with Crippen molar-refractivity contribution in [3.05, 3.63) is 53.7 Å². The van der Waals surface area contributed by atoms with Gasteiger partial charge in [0.1, 0.15) is 39.8 Å². The van der Waals surface area contributed by atoms with Crippen LogP contribution in [-0.2, 0) is 17.7 Å². The molecule has 0 spiro atoms. The van der Waals surface area contributed by atoms with Crippen LogP contribution in [-0.4, -0.2) is 60.8 Å². The number of anilines is 2. The van der Waals surface area contributed by atoms with Gasteiger partial charge in [-0.15, -0.1) is 10.2 Å². The predicted molar refractivity (Wildman–Crippen MR) is 151 cm³/mol. The Kier molecular flexibility index (Phi) is 8.21. The molecule has 0 atom stereocenters. The first-order valence-electron chi connectivity index (χ1n) is 13.1. The highest BCUT2D eigenvalue weighted by Crippen LogP contribution is 2.33. The van der Waals surface area contributed by atoms with E-state index in [4.69, 9.17) is 28.9 Å². The summed E-state index contributed by atoms with van der Waals surface area (Å²) in [5.41, 5.74) is 4.64. The molecule has 1 fully saturated rings. The Balaban J connectivity index is 1.58. The first-order chi connectivity index (χ1) is 19.1. The number of rotatable bonds is 10. The summed E-state index contributed by atoms with van der Waals surface area (Å²) in [7, 11) is 4.92. The number of nitrogens with one attached hydrogen (secondary N) is 2. The molecule has 2 aromatic carbocycles. The van der Waals surface area contributed by atoms with E-state index >= 15 is 0 Å². The molecule has 2 N–H and O–H groups in total. The van der Waals surface area contributed by atoms with Crippen LogP contribution in [0, 0.1) is 0 Å². The van der Waals surface area contributed by atoms with Crippen LogP contribution in [0.1, 0.15) is 31.0 Å². The van der Waals surface area contributed by atoms with E-state index < -0.39 is 0 Å². The standard InChI is InChI=1S/C29H34N6O4/c1-5-23-28(31-20-11-13-39-14-12-20)33-26-25(18-7-6-8-21(15-18)36-2)34-35-29(27(26)32-23)30-17-19-9-10-22(37-3)16-24(19)38-4/h6-10,15-16,20H,5,11-14,17H2,1-4H3,(H,30,35)(H,31,33). The molecule has 39 heavy (non-hydrogen) atoms. The van der Waals surface area contributed by atoms with Crippen LogP contribution in [0.2, 0.25) is 0 Å². The van der Waals surface area contributed by atoms with Crippen molar-refractivity contribution in [3.63, 3.8) is 0 Å². The molecule has 2 aromatic heterocycles. The smallest absolute Gasteiger partial charge is 0.177 e. The number of benzene rings is 2. The monoisotopic (exact) mass is 530 g/mol. The van der Waals surface area contributed by atoms with Gasteiger partial charge in [-0.1, -0.05) is 19.1 Å². The van der Waals surface area contributed by atoms with Gasteiger partial charge in [-0.2, -0.15) is 0 Å². The molecule has 3 heterocycles. The summed E-state index contributed by atoms with van der Waals surface area (Å²) in [4.78, 5) is 10.2. The molecule has 0 radical (unpaired) electrons. The minimum absolute atomic E-state index is 0.283. The quantitative estimate of drug-likeness (QED) is 0.294. The molecular weight excluding hydrogens is 496 g/mol. The Morgan fingerprint density at radius 3 is 2.41 bits per heavy atom. The summed E-state index contributed by atoms with van der Waals surface area (Å²) in [6, 6.07) is 13.7. The van der Waals surface area contributed by atoms with Crippen molar-refractivity contribution in [1.82, 2.24) is 20.2 Å². The normalized spacial score (nSPS) is 13.7. The first-order valence-corrected chi connectivity index (χ1v) is 13.1. The molecule has 0 bridgehead atoms. The Morgan fingerprint density at radius 2 is 1.67 bits per heavy atom. The van der Waals surface area contributed by atoms with Gasteiger partial charge in [0, 0.05) is 43.0 Å². The van der Waals surface area contributed by atoms with Gasteiger partial charge in [-0.25, -0.2) is 9.97 Å². The third kappa shape index (κ3) is 5.80. The summed E-state index contributed by atoms with van der Waals surface area (Å²) in [5.74, 6) is 3.50. The lowest BCUT2D eigenvalue weighted by Crippen LogP contribution is -2.29. The largest absolute Gasteiger partial charge is 0.497 e. The summed E-state index contributed by atoms with van der Waals surface area (Å²) < 4.78 is 21.9. The lowest BCUT2D eigenvalue weighted by molar-refractivity contribution is 0.0903. The number of hydrogen-bond donors (Lipinski definition) is 2. The van der Waals surface area contributed by atoms with Gasteiger partial charge in [-0.3, -0.25) is 0 Å². The van der Waals surface area contributed by atoms with Crippen LogP contribution in [0.3, 0.4) is 0 Å². The highest BCUT2D eigenvalue weighted by Gasteiger charge is 2.21. The van der Waals surface area contributed by atoms with Crippen molar-refractivity contribution in [2.75, 3.05) is 45.2 Å². The Hall–Kier alpha value is -4.18. The first kappa shape index (κ1) is 26.4. The number of ether oxygens (including phenoxy) is 4. The zero-order valence-electron chi connectivity index (χ0n) is 22.8. The van der Waals surface area contributed by atoms with E-state index in [2.05, 4.69) is 27.8 Å². The Bertz CT molecular complexity index is 1440. The van der Waals surface area contributed by atoms with Crippen LogP contribution in [0.15, 0.2) is 42.5 Å². The second-order valence-corrected chi connectivity index (χ2v) is 9.26. The molecule has 4 aromatic rings. The lowest BCUT2D eigenvalue weighted by Gasteiger charge is -2.24. The number of aromatic nitrogens is 4. The zero-order valence-corrected chi connectivity index (χ0v) is 22.8. The molecule has 1 saturated heterocycles. The van der Waals surface area contributed by atoms with Crippen molar-refractivity contribution in [2.45, 2.75) is 38.8 Å². The van der Waals surface area contributed by atoms with Crippen LogP contribution in [0.5, 0.6) is 17.2 Å². The topological polar surface area (TPSA) is 113 Å². The fourth-order valence-corrected chi connectivity index (χ4v) is 4.65. The van der Waals surface area contributed by atoms with Crippen LogP contribution in [0.25, 0.3) is 22.3 Å². The summed E-state index contributed by atoms with van der Waals surface area (Å²) in [6.07, 6.45) is 2.57. The van der Waals surface area contributed by atoms with Gasteiger partial charge < -0.3 is 29.6 Å². The van der Waals surface area contributed by atoms with Gasteiger partial charge in [-0.05, 0) is 43.5 Å². The number of fused-ring (bicyclic) bond motifs is 1. The van der Waals surface area contributed by atoms with Gasteiger partial charge >= 0.3 is 0 Å². The van der Waals surface area contributed by atoms with Crippen molar-refractivity contribution >= 4 is 22.7 Å². The van der Waals surface area contributed by atoms with Crippen molar-refractivity contribution in [2.24, 2.45) is 0 Å². The van der Waals surface area contributed by atoms with Crippen LogP contribution < -0.4 is 24.8 Å². The lowest BCUT2D eigenvalue weighted by atomic mass is 10.1. The fourth-order valence-electron chi connectivity index (χ4n) is 4.65. The molecule has 5 rings (SSSR count). The molecular formula is C29H34N6O4. The molecule has 0 unspecified atom stereocenters. The third-order valence-electron chi connectivity index (χ3n) is 6.85. The van der Waals surface area contributed by atoms with E-state index in [1.165, 1.54) is 0 Å². The van der Waals surface area contributed by atoms with Crippen molar-refractivity contribution in [3.8, 4) is 28.5 Å². The fraction of sp³-hybridized carbons (Fsp3) is 0.379. The SMILES string of the molecule is CCc1nc2c(NCc3ccc(OC)cc3OC)nnc(-c3cccc(OC)c3)c2nc1NC1CCOCC1. The Morgan fingerprint density at radius 1 is 0.872 bits per heavy atom. The zero-order chi connectivity index (χ0) is 27.2. The molecule has 0 saturated carbocycles. The minimum atomic E-state index is 0.283. The van der Waals surface area contributed by atoms with E-state index in [1.807, 2.05) is 42.5 Å². The van der Waals surface area contributed by atoms with Crippen LogP contribution in [0.4, 0.5) is 11.6 Å². The van der Waals surface area contributed by atoms with Crippen molar-refractivity contribution < 1.29 is 18.9 Å². The summed E-state index contributed by atoms with van der Waals surface area (Å²) in [6.45, 7) is 4.02. The van der Waals surface area contributed by atoms with E-state index in [9.17, 15) is 0 Å². The van der Waals surface area contributed by atoms with Gasteiger partial charge in [0.2, 0.25) is 0 Å². The second-order valence-electron chi connectivity index (χ2n) is 9.26. The Labute approximate surface area is 228 Å². The van der Waals surface area contributed by atoms with E-state index in [0.29, 0.717) is 29.1 Å². The number of nitrogens with zero attached hydrogens (tertiary/aromatic N) is 4.